The van der Waals surface area contributed by atoms with Gasteiger partial charge in [-0.25, -0.2) is 4.39 Å². The van der Waals surface area contributed by atoms with Crippen molar-refractivity contribution in [3.05, 3.63) is 112 Å². The van der Waals surface area contributed by atoms with Gasteiger partial charge in [-0.3, -0.25) is 0 Å². The van der Waals surface area contributed by atoms with Crippen LogP contribution in [0.4, 0.5) is 4.39 Å². The zero-order chi connectivity index (χ0) is 21.9. The van der Waals surface area contributed by atoms with Crippen LogP contribution in [0.15, 0.2) is 89.5 Å². The fourth-order valence-corrected chi connectivity index (χ4v) is 11.1. The minimum Gasteiger partial charge on any atom is -0.206 e. The van der Waals surface area contributed by atoms with Crippen LogP contribution in [0.1, 0.15) is 43.0 Å². The van der Waals surface area contributed by atoms with Gasteiger partial charge in [-0.15, -0.1) is 0 Å². The molecule has 0 amide bonds. The predicted octanol–water partition coefficient (Wildman–Crippen LogP) is 8.38. The average Bonchev–Trinajstić information content (AvgIpc) is 3.22. The number of benzene rings is 3. The summed E-state index contributed by atoms with van der Waals surface area (Å²) in [4.78, 5) is 0. The highest BCUT2D eigenvalue weighted by Crippen LogP contribution is 2.59. The Balaban J connectivity index is 1.73. The summed E-state index contributed by atoms with van der Waals surface area (Å²) in [7, 11) is -2.04. The quantitative estimate of drug-likeness (QED) is 0.370. The summed E-state index contributed by atoms with van der Waals surface area (Å²) in [6, 6.07) is 25.1. The molecule has 0 heterocycles. The highest BCUT2D eigenvalue weighted by molar-refractivity contribution is 6.83. The third kappa shape index (κ3) is 2.85. The monoisotopic (exact) mass is 424 g/mol. The van der Waals surface area contributed by atoms with E-state index in [4.69, 9.17) is 0 Å². The Bertz CT molecular complexity index is 1220. The molecule has 5 rings (SSSR count). The van der Waals surface area contributed by atoms with Gasteiger partial charge in [0, 0.05) is 16.6 Å². The molecule has 3 aromatic carbocycles. The summed E-state index contributed by atoms with van der Waals surface area (Å²) in [5.41, 5.74) is 12.3. The maximum Gasteiger partial charge on any atom is 0.130 e. The second kappa shape index (κ2) is 7.17. The van der Waals surface area contributed by atoms with E-state index in [1.54, 1.807) is 12.1 Å². The van der Waals surface area contributed by atoms with Crippen molar-refractivity contribution in [1.29, 1.82) is 0 Å². The molecule has 0 aliphatic heterocycles. The van der Waals surface area contributed by atoms with E-state index in [1.165, 1.54) is 44.5 Å². The zero-order valence-electron chi connectivity index (χ0n) is 19.0. The molecule has 1 unspecified atom stereocenters. The maximum absolute atomic E-state index is 15.0. The number of fused-ring (bicyclic) bond motifs is 3. The second-order valence-electron chi connectivity index (χ2n) is 9.69. The van der Waals surface area contributed by atoms with Crippen LogP contribution in [0.5, 0.6) is 0 Å². The van der Waals surface area contributed by atoms with Gasteiger partial charge in [0.15, 0.2) is 0 Å². The van der Waals surface area contributed by atoms with Crippen LogP contribution in [-0.2, 0) is 0 Å². The summed E-state index contributed by atoms with van der Waals surface area (Å²) >= 11 is 0. The molecule has 0 spiro atoms. The summed E-state index contributed by atoms with van der Waals surface area (Å²) < 4.78 is 15.0. The largest absolute Gasteiger partial charge is 0.206 e. The first-order valence-corrected chi connectivity index (χ1v) is 14.3. The highest BCUT2D eigenvalue weighted by atomic mass is 28.3. The second-order valence-corrected chi connectivity index (χ2v) is 14.5. The van der Waals surface area contributed by atoms with Crippen LogP contribution >= 0.6 is 0 Å². The molecule has 0 nitrogen and oxygen atoms in total. The molecule has 0 saturated carbocycles. The molecule has 1 atom stereocenters. The first kappa shape index (κ1) is 20.2. The van der Waals surface area contributed by atoms with Crippen molar-refractivity contribution in [2.75, 3.05) is 0 Å². The van der Waals surface area contributed by atoms with Gasteiger partial charge in [0.05, 0.1) is 8.07 Å². The molecular formula is C29H29FSi. The van der Waals surface area contributed by atoms with Gasteiger partial charge in [-0.1, -0.05) is 85.4 Å². The Hall–Kier alpha value is -2.71. The van der Waals surface area contributed by atoms with Crippen molar-refractivity contribution in [2.45, 2.75) is 44.9 Å². The average molecular weight is 425 g/mol. The SMILES string of the molecule is CC1=C(C)C([Si](C)(C)C2c3ccccc3-c3ccccc32)C(c2ccccc2F)=C1C. The van der Waals surface area contributed by atoms with Crippen LogP contribution in [0, 0.1) is 5.82 Å². The fraction of sp³-hybridized carbons (Fsp3) is 0.241. The van der Waals surface area contributed by atoms with E-state index in [9.17, 15) is 0 Å². The Labute approximate surface area is 186 Å². The van der Waals surface area contributed by atoms with Crippen LogP contribution in [-0.4, -0.2) is 8.07 Å². The molecule has 0 saturated heterocycles. The summed E-state index contributed by atoms with van der Waals surface area (Å²) in [6.07, 6.45) is 0. The smallest absolute Gasteiger partial charge is 0.130 e. The predicted molar refractivity (Wildman–Crippen MR) is 132 cm³/mol. The fourth-order valence-electron chi connectivity index (χ4n) is 6.24. The molecule has 0 N–H and O–H groups in total. The number of halogens is 1. The molecule has 3 aromatic rings. The molecule has 156 valence electrons. The van der Waals surface area contributed by atoms with Crippen molar-refractivity contribution in [2.24, 2.45) is 0 Å². The van der Waals surface area contributed by atoms with E-state index < -0.39 is 8.07 Å². The number of hydrogen-bond donors (Lipinski definition) is 0. The molecule has 0 fully saturated rings. The number of allylic oxidation sites excluding steroid dienone is 4. The van der Waals surface area contributed by atoms with E-state index in [0.717, 1.165) is 5.56 Å². The third-order valence-electron chi connectivity index (χ3n) is 7.77. The van der Waals surface area contributed by atoms with Gasteiger partial charge < -0.3 is 0 Å². The van der Waals surface area contributed by atoms with Gasteiger partial charge in [-0.2, -0.15) is 0 Å². The Morgan fingerprint density at radius 2 is 1.10 bits per heavy atom. The first-order valence-electron chi connectivity index (χ1n) is 11.2. The standard InChI is InChI=1S/C29H29FSi/c1-18-19(2)27(25-16-10-11-17-26(25)30)28(20(18)3)31(4,5)29-23-14-8-6-12-21(23)22-13-7-9-15-24(22)29/h6-17,28-29H,1-5H3. The first-order chi connectivity index (χ1) is 14.8. The van der Waals surface area contributed by atoms with Crippen LogP contribution in [0.3, 0.4) is 0 Å². The van der Waals surface area contributed by atoms with E-state index in [0.29, 0.717) is 5.54 Å². The molecule has 31 heavy (non-hydrogen) atoms. The molecule has 0 bridgehead atoms. The van der Waals surface area contributed by atoms with Gasteiger partial charge >= 0.3 is 0 Å². The van der Waals surface area contributed by atoms with Crippen molar-refractivity contribution in [3.63, 3.8) is 0 Å². The van der Waals surface area contributed by atoms with Crippen LogP contribution in [0.25, 0.3) is 16.7 Å². The van der Waals surface area contributed by atoms with E-state index >= 15 is 4.39 Å². The maximum atomic E-state index is 15.0. The molecular weight excluding hydrogens is 395 g/mol. The van der Waals surface area contributed by atoms with E-state index in [-0.39, 0.29) is 11.4 Å². The molecule has 2 aliphatic rings. The Morgan fingerprint density at radius 1 is 0.613 bits per heavy atom. The van der Waals surface area contributed by atoms with Gasteiger partial charge in [-0.05, 0) is 65.8 Å². The molecule has 0 radical (unpaired) electrons. The van der Waals surface area contributed by atoms with Crippen molar-refractivity contribution in [1.82, 2.24) is 0 Å². The number of hydrogen-bond acceptors (Lipinski definition) is 0. The van der Waals surface area contributed by atoms with E-state index in [1.807, 2.05) is 12.1 Å². The van der Waals surface area contributed by atoms with Crippen LogP contribution < -0.4 is 0 Å². The lowest BCUT2D eigenvalue weighted by molar-refractivity contribution is 0.623. The van der Waals surface area contributed by atoms with Crippen molar-refractivity contribution < 1.29 is 4.39 Å². The highest BCUT2D eigenvalue weighted by Gasteiger charge is 2.49. The number of rotatable bonds is 3. The minimum absolute atomic E-state index is 0.110. The lowest BCUT2D eigenvalue weighted by Crippen LogP contribution is -2.41. The third-order valence-corrected chi connectivity index (χ3v) is 12.1. The zero-order valence-corrected chi connectivity index (χ0v) is 20.0. The topological polar surface area (TPSA) is 0 Å². The summed E-state index contributed by atoms with van der Waals surface area (Å²) in [6.45, 7) is 11.7. The van der Waals surface area contributed by atoms with Crippen molar-refractivity contribution in [3.8, 4) is 11.1 Å². The normalized spacial score (nSPS) is 18.6. The lowest BCUT2D eigenvalue weighted by atomic mass is 9.99. The Morgan fingerprint density at radius 3 is 1.65 bits per heavy atom. The molecule has 0 aromatic heterocycles. The Kier molecular flexibility index (Phi) is 4.67. The van der Waals surface area contributed by atoms with Gasteiger partial charge in [0.25, 0.3) is 0 Å². The van der Waals surface area contributed by atoms with Crippen molar-refractivity contribution >= 4 is 13.6 Å². The van der Waals surface area contributed by atoms with E-state index in [2.05, 4.69) is 82.4 Å². The molecule has 2 aliphatic carbocycles. The lowest BCUT2D eigenvalue weighted by Gasteiger charge is -2.39. The van der Waals surface area contributed by atoms with Crippen LogP contribution in [0.2, 0.25) is 18.6 Å². The van der Waals surface area contributed by atoms with Gasteiger partial charge in [0.2, 0.25) is 0 Å². The summed E-state index contributed by atoms with van der Waals surface area (Å²) in [5, 5.41) is 0. The minimum atomic E-state index is -2.04. The molecule has 2 heteroatoms. The summed E-state index contributed by atoms with van der Waals surface area (Å²) in [5.74, 6) is -0.110. The van der Waals surface area contributed by atoms with Gasteiger partial charge in [0.1, 0.15) is 5.82 Å².